The van der Waals surface area contributed by atoms with Gasteiger partial charge in [0.15, 0.2) is 0 Å². The Morgan fingerprint density at radius 3 is 2.00 bits per heavy atom. The molecule has 0 aromatic heterocycles. The molecule has 0 bridgehead atoms. The molecule has 0 saturated heterocycles. The SMILES string of the molecule is N#CC1(C(F)C(F)(F)F)CCCC1. The number of hydrogen-bond acceptors (Lipinski definition) is 1. The van der Waals surface area contributed by atoms with Gasteiger partial charge in [0.05, 0.1) is 11.5 Å². The monoisotopic (exact) mass is 195 g/mol. The van der Waals surface area contributed by atoms with E-state index in [0.29, 0.717) is 12.8 Å². The molecule has 1 aliphatic carbocycles. The smallest absolute Gasteiger partial charge is 0.236 e. The summed E-state index contributed by atoms with van der Waals surface area (Å²) in [6.45, 7) is 0. The fraction of sp³-hybridized carbons (Fsp3) is 0.875. The van der Waals surface area contributed by atoms with Gasteiger partial charge in [-0.05, 0) is 12.8 Å². The topological polar surface area (TPSA) is 23.8 Å². The van der Waals surface area contributed by atoms with Crippen LogP contribution >= 0.6 is 0 Å². The van der Waals surface area contributed by atoms with Crippen LogP contribution in [0.1, 0.15) is 25.7 Å². The molecule has 0 heterocycles. The van der Waals surface area contributed by atoms with Gasteiger partial charge in [-0.1, -0.05) is 12.8 Å². The molecule has 0 spiro atoms. The van der Waals surface area contributed by atoms with Crippen molar-refractivity contribution in [2.75, 3.05) is 0 Å². The largest absolute Gasteiger partial charge is 0.421 e. The van der Waals surface area contributed by atoms with Gasteiger partial charge in [-0.2, -0.15) is 18.4 Å². The van der Waals surface area contributed by atoms with E-state index in [2.05, 4.69) is 0 Å². The summed E-state index contributed by atoms with van der Waals surface area (Å²) in [6, 6.07) is 1.49. The average Bonchev–Trinajstić information content (AvgIpc) is 2.50. The van der Waals surface area contributed by atoms with Crippen molar-refractivity contribution in [1.82, 2.24) is 0 Å². The molecule has 0 N–H and O–H groups in total. The first kappa shape index (κ1) is 10.3. The molecule has 1 rings (SSSR count). The van der Waals surface area contributed by atoms with Crippen molar-refractivity contribution in [2.24, 2.45) is 5.41 Å². The Morgan fingerprint density at radius 2 is 1.69 bits per heavy atom. The Bertz CT molecular complexity index is 221. The maximum atomic E-state index is 12.9. The van der Waals surface area contributed by atoms with Gasteiger partial charge in [0.1, 0.15) is 0 Å². The lowest BCUT2D eigenvalue weighted by Gasteiger charge is -2.26. The molecule has 0 aromatic carbocycles. The Hall–Kier alpha value is -0.790. The van der Waals surface area contributed by atoms with Crippen LogP contribution in [0.5, 0.6) is 0 Å². The molecule has 0 amide bonds. The average molecular weight is 195 g/mol. The molecule has 74 valence electrons. The zero-order valence-corrected chi connectivity index (χ0v) is 6.86. The summed E-state index contributed by atoms with van der Waals surface area (Å²) in [4.78, 5) is 0. The van der Waals surface area contributed by atoms with Gasteiger partial charge >= 0.3 is 6.18 Å². The minimum Gasteiger partial charge on any atom is -0.236 e. The summed E-state index contributed by atoms with van der Waals surface area (Å²) in [5, 5.41) is 8.56. The molecule has 0 aromatic rings. The van der Waals surface area contributed by atoms with Gasteiger partial charge in [0.2, 0.25) is 6.17 Å². The van der Waals surface area contributed by atoms with Crippen LogP contribution in [0.4, 0.5) is 17.6 Å². The normalized spacial score (nSPS) is 23.9. The number of rotatable bonds is 1. The second kappa shape index (κ2) is 3.17. The summed E-state index contributed by atoms with van der Waals surface area (Å²) in [5.41, 5.74) is -1.81. The first-order valence-electron chi connectivity index (χ1n) is 4.04. The third-order valence-electron chi connectivity index (χ3n) is 2.49. The van der Waals surface area contributed by atoms with E-state index in [-0.39, 0.29) is 12.8 Å². The second-order valence-electron chi connectivity index (χ2n) is 3.38. The zero-order valence-electron chi connectivity index (χ0n) is 6.86. The summed E-state index contributed by atoms with van der Waals surface area (Å²) >= 11 is 0. The van der Waals surface area contributed by atoms with Gasteiger partial charge in [-0.15, -0.1) is 0 Å². The predicted octanol–water partition coefficient (Wildman–Crippen LogP) is 2.97. The fourth-order valence-corrected chi connectivity index (χ4v) is 1.74. The highest BCUT2D eigenvalue weighted by Crippen LogP contribution is 2.47. The molecule has 1 atom stereocenters. The number of nitrogens with zero attached hydrogens (tertiary/aromatic N) is 1. The second-order valence-corrected chi connectivity index (χ2v) is 3.38. The number of halogens is 4. The summed E-state index contributed by atoms with van der Waals surface area (Å²) in [7, 11) is 0. The van der Waals surface area contributed by atoms with Crippen LogP contribution in [0.3, 0.4) is 0 Å². The molecule has 0 radical (unpaired) electrons. The van der Waals surface area contributed by atoms with E-state index in [1.165, 1.54) is 6.07 Å². The first-order valence-corrected chi connectivity index (χ1v) is 4.04. The van der Waals surface area contributed by atoms with Crippen LogP contribution in [0.25, 0.3) is 0 Å². The summed E-state index contributed by atoms with van der Waals surface area (Å²) in [5.74, 6) is 0. The fourth-order valence-electron chi connectivity index (χ4n) is 1.74. The Balaban J connectivity index is 2.84. The van der Waals surface area contributed by atoms with E-state index >= 15 is 0 Å². The highest BCUT2D eigenvalue weighted by atomic mass is 19.4. The molecular weight excluding hydrogens is 186 g/mol. The zero-order chi connectivity index (χ0) is 10.1. The van der Waals surface area contributed by atoms with Crippen molar-refractivity contribution in [2.45, 2.75) is 38.0 Å². The van der Waals surface area contributed by atoms with E-state index in [9.17, 15) is 17.6 Å². The molecule has 1 nitrogen and oxygen atoms in total. The van der Waals surface area contributed by atoms with Gasteiger partial charge in [0, 0.05) is 0 Å². The van der Waals surface area contributed by atoms with Crippen LogP contribution in [0.15, 0.2) is 0 Å². The van der Waals surface area contributed by atoms with Crippen LogP contribution in [0.2, 0.25) is 0 Å². The Morgan fingerprint density at radius 1 is 1.23 bits per heavy atom. The van der Waals surface area contributed by atoms with Crippen molar-refractivity contribution in [3.05, 3.63) is 0 Å². The third kappa shape index (κ3) is 1.77. The van der Waals surface area contributed by atoms with E-state index in [0.717, 1.165) is 0 Å². The maximum absolute atomic E-state index is 12.9. The molecule has 1 aliphatic rings. The van der Waals surface area contributed by atoms with Gasteiger partial charge < -0.3 is 0 Å². The van der Waals surface area contributed by atoms with Gasteiger partial charge in [-0.3, -0.25) is 0 Å². The van der Waals surface area contributed by atoms with Crippen molar-refractivity contribution in [3.8, 4) is 6.07 Å². The summed E-state index contributed by atoms with van der Waals surface area (Å²) < 4.78 is 48.9. The van der Waals surface area contributed by atoms with Gasteiger partial charge in [0.25, 0.3) is 0 Å². The lowest BCUT2D eigenvalue weighted by molar-refractivity contribution is -0.204. The van der Waals surface area contributed by atoms with Crippen LogP contribution in [-0.4, -0.2) is 12.3 Å². The lowest BCUT2D eigenvalue weighted by Crippen LogP contribution is -2.39. The molecule has 13 heavy (non-hydrogen) atoms. The Kier molecular flexibility index (Phi) is 2.51. The van der Waals surface area contributed by atoms with Gasteiger partial charge in [-0.25, -0.2) is 4.39 Å². The number of nitriles is 1. The van der Waals surface area contributed by atoms with Crippen molar-refractivity contribution in [3.63, 3.8) is 0 Å². The highest BCUT2D eigenvalue weighted by Gasteiger charge is 2.55. The van der Waals surface area contributed by atoms with Crippen molar-refractivity contribution < 1.29 is 17.6 Å². The van der Waals surface area contributed by atoms with Crippen LogP contribution in [0, 0.1) is 16.7 Å². The number of alkyl halides is 4. The lowest BCUT2D eigenvalue weighted by atomic mass is 9.82. The summed E-state index contributed by atoms with van der Waals surface area (Å²) in [6.07, 6.45) is -6.85. The molecule has 1 fully saturated rings. The van der Waals surface area contributed by atoms with E-state index in [4.69, 9.17) is 5.26 Å². The highest BCUT2D eigenvalue weighted by molar-refractivity contribution is 5.08. The van der Waals surface area contributed by atoms with Crippen LogP contribution < -0.4 is 0 Å². The number of hydrogen-bond donors (Lipinski definition) is 0. The quantitative estimate of drug-likeness (QED) is 0.590. The van der Waals surface area contributed by atoms with Crippen molar-refractivity contribution in [1.29, 1.82) is 5.26 Å². The molecular formula is C8H9F4N. The minimum absolute atomic E-state index is 0.0180. The third-order valence-corrected chi connectivity index (χ3v) is 2.49. The van der Waals surface area contributed by atoms with E-state index in [1.807, 2.05) is 0 Å². The van der Waals surface area contributed by atoms with Crippen molar-refractivity contribution >= 4 is 0 Å². The standard InChI is InChI=1S/C8H9F4N/c9-6(8(10,11)12)7(5-13)3-1-2-4-7/h6H,1-4H2. The van der Waals surface area contributed by atoms with Crippen LogP contribution in [-0.2, 0) is 0 Å². The Labute approximate surface area is 73.3 Å². The molecule has 1 unspecified atom stereocenters. The molecule has 0 aliphatic heterocycles. The predicted molar refractivity (Wildman–Crippen MR) is 37.5 cm³/mol. The van der Waals surface area contributed by atoms with E-state index < -0.39 is 17.8 Å². The molecule has 5 heteroatoms. The molecule has 1 saturated carbocycles. The minimum atomic E-state index is -4.90. The first-order chi connectivity index (χ1) is 5.92. The van der Waals surface area contributed by atoms with E-state index in [1.54, 1.807) is 0 Å². The maximum Gasteiger partial charge on any atom is 0.421 e.